The van der Waals surface area contributed by atoms with Crippen molar-refractivity contribution in [1.29, 1.82) is 0 Å². The Balaban J connectivity index is 1.62. The van der Waals surface area contributed by atoms with Gasteiger partial charge in [0.05, 0.1) is 24.3 Å². The van der Waals surface area contributed by atoms with Crippen LogP contribution in [0.2, 0.25) is 5.02 Å². The Morgan fingerprint density at radius 1 is 1.52 bits per heavy atom. The molecule has 1 aromatic rings. The molecule has 0 aromatic carbocycles. The van der Waals surface area contributed by atoms with Gasteiger partial charge >= 0.3 is 0 Å². The van der Waals surface area contributed by atoms with E-state index < -0.39 is 0 Å². The topological polar surface area (TPSA) is 50.8 Å². The van der Waals surface area contributed by atoms with Crippen LogP contribution in [-0.2, 0) is 9.47 Å². The van der Waals surface area contributed by atoms with Gasteiger partial charge in [-0.15, -0.1) is 11.3 Å². The molecule has 2 heterocycles. The van der Waals surface area contributed by atoms with Crippen LogP contribution >= 0.6 is 22.9 Å². The van der Waals surface area contributed by atoms with E-state index in [2.05, 4.69) is 10.2 Å². The average Bonchev–Trinajstić information content (AvgIpc) is 2.96. The molecule has 2 aliphatic rings. The van der Waals surface area contributed by atoms with E-state index in [4.69, 9.17) is 21.1 Å². The van der Waals surface area contributed by atoms with Crippen LogP contribution in [0.3, 0.4) is 0 Å². The van der Waals surface area contributed by atoms with Gasteiger partial charge in [-0.3, -0.25) is 9.69 Å². The number of hydrogen-bond donors (Lipinski definition) is 1. The number of amides is 1. The molecule has 23 heavy (non-hydrogen) atoms. The molecule has 0 bridgehead atoms. The predicted octanol–water partition coefficient (Wildman–Crippen LogP) is 2.40. The van der Waals surface area contributed by atoms with E-state index in [9.17, 15) is 4.79 Å². The van der Waals surface area contributed by atoms with Crippen LogP contribution < -0.4 is 5.32 Å². The lowest BCUT2D eigenvalue weighted by molar-refractivity contribution is -0.124. The van der Waals surface area contributed by atoms with E-state index in [1.807, 2.05) is 12.3 Å². The Labute approximate surface area is 145 Å². The first-order valence-corrected chi connectivity index (χ1v) is 9.36. The Morgan fingerprint density at radius 2 is 2.26 bits per heavy atom. The molecule has 0 radical (unpaired) electrons. The Kier molecular flexibility index (Phi) is 5.59. The van der Waals surface area contributed by atoms with Gasteiger partial charge in [0.25, 0.3) is 5.91 Å². The molecule has 0 unspecified atom stereocenters. The Morgan fingerprint density at radius 3 is 2.87 bits per heavy atom. The van der Waals surface area contributed by atoms with E-state index in [1.54, 1.807) is 6.07 Å². The smallest absolute Gasteiger partial charge is 0.262 e. The molecule has 1 saturated carbocycles. The summed E-state index contributed by atoms with van der Waals surface area (Å²) in [5.74, 6) is -0.0857. The summed E-state index contributed by atoms with van der Waals surface area (Å²) in [7, 11) is 0. The number of halogens is 1. The molecule has 3 rings (SSSR count). The van der Waals surface area contributed by atoms with E-state index in [1.165, 1.54) is 11.3 Å². The third kappa shape index (κ3) is 3.72. The van der Waals surface area contributed by atoms with Crippen molar-refractivity contribution < 1.29 is 14.3 Å². The zero-order valence-corrected chi connectivity index (χ0v) is 14.9. The number of thiophene rings is 1. The lowest BCUT2D eigenvalue weighted by Gasteiger charge is -2.55. The molecular formula is C16H23ClN2O3S. The van der Waals surface area contributed by atoms with Crippen molar-refractivity contribution in [3.8, 4) is 0 Å². The van der Waals surface area contributed by atoms with Gasteiger partial charge in [-0.05, 0) is 31.2 Å². The first kappa shape index (κ1) is 17.2. The summed E-state index contributed by atoms with van der Waals surface area (Å²) in [5, 5.41) is 5.44. The number of rotatable bonds is 6. The predicted molar refractivity (Wildman–Crippen MR) is 91.4 cm³/mol. The number of nitrogens with one attached hydrogen (secondary N) is 1. The van der Waals surface area contributed by atoms with Gasteiger partial charge in [0.2, 0.25) is 0 Å². The second-order valence-electron chi connectivity index (χ2n) is 6.09. The minimum atomic E-state index is -0.0857. The third-order valence-corrected chi connectivity index (χ3v) is 6.04. The van der Waals surface area contributed by atoms with Crippen molar-refractivity contribution in [3.05, 3.63) is 21.3 Å². The van der Waals surface area contributed by atoms with Crippen molar-refractivity contribution >= 4 is 28.8 Å². The Hall–Kier alpha value is -0.660. The highest BCUT2D eigenvalue weighted by atomic mass is 35.5. The Bertz CT molecular complexity index is 539. The summed E-state index contributed by atoms with van der Waals surface area (Å²) < 4.78 is 11.2. The van der Waals surface area contributed by atoms with Crippen LogP contribution in [0.15, 0.2) is 11.4 Å². The van der Waals surface area contributed by atoms with Crippen LogP contribution in [0.4, 0.5) is 0 Å². The maximum absolute atomic E-state index is 12.3. The van der Waals surface area contributed by atoms with Crippen LogP contribution in [0, 0.1) is 0 Å². The van der Waals surface area contributed by atoms with Gasteiger partial charge < -0.3 is 14.8 Å². The van der Waals surface area contributed by atoms with E-state index in [0.29, 0.717) is 22.5 Å². The van der Waals surface area contributed by atoms with Gasteiger partial charge in [-0.1, -0.05) is 11.6 Å². The SMILES string of the molecule is CCOC1CC(CNC(=O)c2sccc2Cl)(N2CCOCC2)C1. The zero-order chi connectivity index (χ0) is 16.3. The van der Waals surface area contributed by atoms with E-state index in [0.717, 1.165) is 45.8 Å². The number of ether oxygens (including phenoxy) is 2. The van der Waals surface area contributed by atoms with Crippen LogP contribution in [0.5, 0.6) is 0 Å². The molecule has 0 spiro atoms. The summed E-state index contributed by atoms with van der Waals surface area (Å²) >= 11 is 7.42. The van der Waals surface area contributed by atoms with Crippen LogP contribution in [0.1, 0.15) is 29.4 Å². The fraction of sp³-hybridized carbons (Fsp3) is 0.688. The summed E-state index contributed by atoms with van der Waals surface area (Å²) in [5.41, 5.74) is -0.0109. The molecular weight excluding hydrogens is 336 g/mol. The number of carbonyl (C=O) groups excluding carboxylic acids is 1. The molecule has 0 atom stereocenters. The summed E-state index contributed by atoms with van der Waals surface area (Å²) in [4.78, 5) is 15.4. The monoisotopic (exact) mass is 358 g/mol. The number of nitrogens with zero attached hydrogens (tertiary/aromatic N) is 1. The third-order valence-electron chi connectivity index (χ3n) is 4.70. The molecule has 2 fully saturated rings. The lowest BCUT2D eigenvalue weighted by Crippen LogP contribution is -2.67. The highest BCUT2D eigenvalue weighted by molar-refractivity contribution is 7.12. The maximum Gasteiger partial charge on any atom is 0.262 e. The van der Waals surface area contributed by atoms with E-state index in [-0.39, 0.29) is 11.4 Å². The highest BCUT2D eigenvalue weighted by Gasteiger charge is 2.49. The second kappa shape index (κ2) is 7.49. The molecule has 1 aliphatic carbocycles. The first-order chi connectivity index (χ1) is 11.1. The second-order valence-corrected chi connectivity index (χ2v) is 7.41. The number of hydrogen-bond acceptors (Lipinski definition) is 5. The van der Waals surface area contributed by atoms with Gasteiger partial charge in [-0.25, -0.2) is 0 Å². The van der Waals surface area contributed by atoms with Gasteiger partial charge in [-0.2, -0.15) is 0 Å². The minimum Gasteiger partial charge on any atom is -0.379 e. The summed E-state index contributed by atoms with van der Waals surface area (Å²) in [6.45, 7) is 6.72. The lowest BCUT2D eigenvalue weighted by atomic mass is 9.72. The van der Waals surface area contributed by atoms with Crippen molar-refractivity contribution in [2.24, 2.45) is 0 Å². The van der Waals surface area contributed by atoms with Crippen LogP contribution in [-0.4, -0.2) is 61.9 Å². The molecule has 1 N–H and O–H groups in total. The van der Waals surface area contributed by atoms with Crippen LogP contribution in [0.25, 0.3) is 0 Å². The van der Waals surface area contributed by atoms with Crippen molar-refractivity contribution in [1.82, 2.24) is 10.2 Å². The zero-order valence-electron chi connectivity index (χ0n) is 13.3. The molecule has 7 heteroatoms. The fourth-order valence-electron chi connectivity index (χ4n) is 3.47. The first-order valence-electron chi connectivity index (χ1n) is 8.10. The molecule has 5 nitrogen and oxygen atoms in total. The van der Waals surface area contributed by atoms with Crippen molar-refractivity contribution in [2.45, 2.75) is 31.4 Å². The van der Waals surface area contributed by atoms with E-state index >= 15 is 0 Å². The molecule has 1 saturated heterocycles. The minimum absolute atomic E-state index is 0.0109. The van der Waals surface area contributed by atoms with Gasteiger partial charge in [0, 0.05) is 31.8 Å². The molecule has 1 amide bonds. The van der Waals surface area contributed by atoms with Gasteiger partial charge in [0.1, 0.15) is 4.88 Å². The molecule has 128 valence electrons. The number of morpholine rings is 1. The number of carbonyl (C=O) groups is 1. The average molecular weight is 359 g/mol. The standard InChI is InChI=1S/C16H23ClN2O3S/c1-2-22-12-9-16(10-12,19-4-6-21-7-5-19)11-18-15(20)14-13(17)3-8-23-14/h3,8,12H,2,4-7,9-11H2,1H3,(H,18,20). The largest absolute Gasteiger partial charge is 0.379 e. The van der Waals surface area contributed by atoms with Gasteiger partial charge in [0.15, 0.2) is 0 Å². The van der Waals surface area contributed by atoms with Crippen molar-refractivity contribution in [2.75, 3.05) is 39.5 Å². The molecule has 1 aromatic heterocycles. The normalized spacial score (nSPS) is 28.3. The maximum atomic E-state index is 12.3. The van der Waals surface area contributed by atoms with Crippen molar-refractivity contribution in [3.63, 3.8) is 0 Å². The highest BCUT2D eigenvalue weighted by Crippen LogP contribution is 2.40. The summed E-state index contributed by atoms with van der Waals surface area (Å²) in [6, 6.07) is 1.76. The molecule has 1 aliphatic heterocycles. The summed E-state index contributed by atoms with van der Waals surface area (Å²) in [6.07, 6.45) is 2.21. The fourth-order valence-corrected chi connectivity index (χ4v) is 4.53. The quantitative estimate of drug-likeness (QED) is 0.848.